The van der Waals surface area contributed by atoms with Crippen LogP contribution >= 0.6 is 0 Å². The second-order valence-electron chi connectivity index (χ2n) is 6.32. The highest BCUT2D eigenvalue weighted by Crippen LogP contribution is 2.21. The van der Waals surface area contributed by atoms with Crippen molar-refractivity contribution in [3.8, 4) is 11.5 Å². The molecule has 0 radical (unpaired) electrons. The monoisotopic (exact) mass is 391 g/mol. The van der Waals surface area contributed by atoms with Crippen LogP contribution in [-0.4, -0.2) is 57.3 Å². The highest BCUT2D eigenvalue weighted by Gasteiger charge is 2.21. The number of benzene rings is 2. The molecule has 3 rings (SSSR count). The molecule has 0 spiro atoms. The molecule has 1 aliphatic rings. The van der Waals surface area contributed by atoms with E-state index in [1.165, 1.54) is 12.1 Å². The molecule has 2 aromatic carbocycles. The molecular weight excluding hydrogens is 368 g/mol. The number of alkyl halides is 2. The van der Waals surface area contributed by atoms with Gasteiger partial charge in [-0.05, 0) is 48.5 Å². The van der Waals surface area contributed by atoms with E-state index in [0.717, 1.165) is 24.5 Å². The number of anilines is 2. The van der Waals surface area contributed by atoms with Crippen LogP contribution in [-0.2, 0) is 4.79 Å². The number of rotatable bonds is 7. The molecule has 1 fully saturated rings. The van der Waals surface area contributed by atoms with E-state index in [2.05, 4.69) is 15.0 Å². The molecule has 28 heavy (non-hydrogen) atoms. The van der Waals surface area contributed by atoms with Gasteiger partial charge in [-0.1, -0.05) is 0 Å². The summed E-state index contributed by atoms with van der Waals surface area (Å²) in [5.41, 5.74) is 1.78. The van der Waals surface area contributed by atoms with Gasteiger partial charge in [0, 0.05) is 37.6 Å². The summed E-state index contributed by atoms with van der Waals surface area (Å²) in [5, 5.41) is 3.02. The molecule has 8 heteroatoms. The van der Waals surface area contributed by atoms with Gasteiger partial charge in [-0.2, -0.15) is 8.78 Å². The van der Waals surface area contributed by atoms with Gasteiger partial charge >= 0.3 is 6.61 Å². The standard InChI is InChI=1S/C20H23F2N3O3/c1-27-17-8-4-16(5-9-17)24-10-12-25(13-11-24)19(26)14-23-15-2-6-18(7-3-15)28-20(21)22/h2-9,20,23H,10-14H2,1H3. The number of nitrogens with one attached hydrogen (secondary N) is 1. The molecule has 0 bridgehead atoms. The summed E-state index contributed by atoms with van der Waals surface area (Å²) in [7, 11) is 1.64. The number of carbonyl (C=O) groups is 1. The largest absolute Gasteiger partial charge is 0.497 e. The first-order valence-corrected chi connectivity index (χ1v) is 9.00. The average Bonchev–Trinajstić information content (AvgIpc) is 2.73. The Morgan fingerprint density at radius 1 is 1.00 bits per heavy atom. The Morgan fingerprint density at radius 2 is 1.61 bits per heavy atom. The van der Waals surface area contributed by atoms with E-state index >= 15 is 0 Å². The van der Waals surface area contributed by atoms with Crippen LogP contribution in [0.1, 0.15) is 0 Å². The zero-order valence-corrected chi connectivity index (χ0v) is 15.6. The van der Waals surface area contributed by atoms with Crippen molar-refractivity contribution in [3.05, 3.63) is 48.5 Å². The maximum atomic E-state index is 12.4. The Balaban J connectivity index is 1.44. The Hall–Kier alpha value is -3.03. The fraction of sp³-hybridized carbons (Fsp3) is 0.350. The summed E-state index contributed by atoms with van der Waals surface area (Å²) >= 11 is 0. The molecule has 0 aliphatic carbocycles. The van der Waals surface area contributed by atoms with Crippen molar-refractivity contribution >= 4 is 17.3 Å². The van der Waals surface area contributed by atoms with Gasteiger partial charge in [0.15, 0.2) is 0 Å². The number of piperazine rings is 1. The lowest BCUT2D eigenvalue weighted by Gasteiger charge is -2.36. The molecule has 1 aliphatic heterocycles. The molecule has 0 unspecified atom stereocenters. The lowest BCUT2D eigenvalue weighted by molar-refractivity contribution is -0.129. The summed E-state index contributed by atoms with van der Waals surface area (Å²) in [6.45, 7) is 0.117. The first kappa shape index (κ1) is 19.7. The Kier molecular flexibility index (Phi) is 6.52. The SMILES string of the molecule is COc1ccc(N2CCN(C(=O)CNc3ccc(OC(F)F)cc3)CC2)cc1. The van der Waals surface area contributed by atoms with E-state index in [9.17, 15) is 13.6 Å². The van der Waals surface area contributed by atoms with Gasteiger partial charge < -0.3 is 24.6 Å². The van der Waals surface area contributed by atoms with Gasteiger partial charge in [0.05, 0.1) is 13.7 Å². The summed E-state index contributed by atoms with van der Waals surface area (Å²) in [4.78, 5) is 16.5. The minimum atomic E-state index is -2.85. The zero-order chi connectivity index (χ0) is 19.9. The Bertz CT molecular complexity index is 761. The van der Waals surface area contributed by atoms with Gasteiger partial charge in [-0.3, -0.25) is 4.79 Å². The Labute approximate surface area is 162 Å². The zero-order valence-electron chi connectivity index (χ0n) is 15.6. The van der Waals surface area contributed by atoms with Crippen molar-refractivity contribution in [3.63, 3.8) is 0 Å². The fourth-order valence-electron chi connectivity index (χ4n) is 3.05. The molecular formula is C20H23F2N3O3. The predicted molar refractivity (Wildman–Crippen MR) is 103 cm³/mol. The highest BCUT2D eigenvalue weighted by molar-refractivity contribution is 5.81. The summed E-state index contributed by atoms with van der Waals surface area (Å²) < 4.78 is 33.8. The van der Waals surface area contributed by atoms with E-state index in [-0.39, 0.29) is 18.2 Å². The second-order valence-corrected chi connectivity index (χ2v) is 6.32. The summed E-state index contributed by atoms with van der Waals surface area (Å²) in [5.74, 6) is 0.904. The number of ether oxygens (including phenoxy) is 2. The normalized spacial score (nSPS) is 14.1. The number of halogens is 2. The smallest absolute Gasteiger partial charge is 0.387 e. The van der Waals surface area contributed by atoms with Crippen LogP contribution in [0.3, 0.4) is 0 Å². The van der Waals surface area contributed by atoms with Crippen LogP contribution in [0.4, 0.5) is 20.2 Å². The van der Waals surface area contributed by atoms with Crippen molar-refractivity contribution in [2.45, 2.75) is 6.61 Å². The van der Waals surface area contributed by atoms with Crippen LogP contribution in [0, 0.1) is 0 Å². The van der Waals surface area contributed by atoms with Crippen molar-refractivity contribution in [2.75, 3.05) is 50.1 Å². The molecule has 2 aromatic rings. The van der Waals surface area contributed by atoms with E-state index in [1.54, 1.807) is 19.2 Å². The van der Waals surface area contributed by atoms with Crippen molar-refractivity contribution in [2.24, 2.45) is 0 Å². The van der Waals surface area contributed by atoms with Crippen LogP contribution in [0.2, 0.25) is 0 Å². The molecule has 150 valence electrons. The van der Waals surface area contributed by atoms with Gasteiger partial charge in [0.1, 0.15) is 11.5 Å². The minimum Gasteiger partial charge on any atom is -0.497 e. The van der Waals surface area contributed by atoms with Crippen molar-refractivity contribution in [1.82, 2.24) is 4.90 Å². The number of hydrogen-bond acceptors (Lipinski definition) is 5. The molecule has 0 aromatic heterocycles. The van der Waals surface area contributed by atoms with Crippen molar-refractivity contribution in [1.29, 1.82) is 0 Å². The van der Waals surface area contributed by atoms with Gasteiger partial charge in [0.2, 0.25) is 5.91 Å². The quantitative estimate of drug-likeness (QED) is 0.786. The van der Waals surface area contributed by atoms with E-state index < -0.39 is 6.61 Å². The Morgan fingerprint density at radius 3 is 2.18 bits per heavy atom. The van der Waals surface area contributed by atoms with Crippen LogP contribution in [0.5, 0.6) is 11.5 Å². The predicted octanol–water partition coefficient (Wildman–Crippen LogP) is 3.06. The van der Waals surface area contributed by atoms with Crippen LogP contribution in [0.15, 0.2) is 48.5 Å². The van der Waals surface area contributed by atoms with Crippen LogP contribution in [0.25, 0.3) is 0 Å². The van der Waals surface area contributed by atoms with E-state index in [0.29, 0.717) is 18.8 Å². The third-order valence-electron chi connectivity index (χ3n) is 4.59. The second kappa shape index (κ2) is 9.25. The van der Waals surface area contributed by atoms with Crippen molar-refractivity contribution < 1.29 is 23.0 Å². The third kappa shape index (κ3) is 5.25. The number of carbonyl (C=O) groups excluding carboxylic acids is 1. The number of hydrogen-bond donors (Lipinski definition) is 1. The lowest BCUT2D eigenvalue weighted by Crippen LogP contribution is -2.50. The first-order chi connectivity index (χ1) is 13.5. The minimum absolute atomic E-state index is 0.00212. The molecule has 1 N–H and O–H groups in total. The number of nitrogens with zero attached hydrogens (tertiary/aromatic N) is 2. The number of amides is 1. The van der Waals surface area contributed by atoms with E-state index in [1.807, 2.05) is 29.2 Å². The van der Waals surface area contributed by atoms with Gasteiger partial charge in [0.25, 0.3) is 0 Å². The molecule has 1 heterocycles. The lowest BCUT2D eigenvalue weighted by atomic mass is 10.2. The fourth-order valence-corrected chi connectivity index (χ4v) is 3.05. The molecule has 1 saturated heterocycles. The van der Waals surface area contributed by atoms with Gasteiger partial charge in [-0.15, -0.1) is 0 Å². The van der Waals surface area contributed by atoms with E-state index in [4.69, 9.17) is 4.74 Å². The van der Waals surface area contributed by atoms with Gasteiger partial charge in [-0.25, -0.2) is 0 Å². The summed E-state index contributed by atoms with van der Waals surface area (Å²) in [6.07, 6.45) is 0. The average molecular weight is 391 g/mol. The molecule has 0 saturated carbocycles. The third-order valence-corrected chi connectivity index (χ3v) is 4.59. The first-order valence-electron chi connectivity index (χ1n) is 9.00. The maximum Gasteiger partial charge on any atom is 0.387 e. The van der Waals surface area contributed by atoms with Crippen LogP contribution < -0.4 is 19.7 Å². The molecule has 6 nitrogen and oxygen atoms in total. The molecule has 1 amide bonds. The maximum absolute atomic E-state index is 12.4. The highest BCUT2D eigenvalue weighted by atomic mass is 19.3. The topological polar surface area (TPSA) is 54.0 Å². The number of methoxy groups -OCH3 is 1. The summed E-state index contributed by atoms with van der Waals surface area (Å²) in [6, 6.07) is 14.0. The molecule has 0 atom stereocenters.